The van der Waals surface area contributed by atoms with E-state index in [4.69, 9.17) is 0 Å². The lowest BCUT2D eigenvalue weighted by molar-refractivity contribution is -0.137. The minimum absolute atomic E-state index is 0.278. The molecule has 0 saturated carbocycles. The van der Waals surface area contributed by atoms with Crippen molar-refractivity contribution < 1.29 is 27.6 Å². The van der Waals surface area contributed by atoms with Crippen LogP contribution in [0.5, 0.6) is 0 Å². The van der Waals surface area contributed by atoms with Gasteiger partial charge in [-0.2, -0.15) is 13.2 Å². The molecule has 0 aromatic heterocycles. The van der Waals surface area contributed by atoms with Crippen LogP contribution in [-0.4, -0.2) is 30.3 Å². The molecule has 0 atom stereocenters. The van der Waals surface area contributed by atoms with E-state index in [-0.39, 0.29) is 12.2 Å². The number of hydrogen-bond acceptors (Lipinski definition) is 3. The molecule has 4 rings (SSSR count). The van der Waals surface area contributed by atoms with E-state index in [9.17, 15) is 27.6 Å². The largest absolute Gasteiger partial charge is 0.416 e. The number of hydrogen-bond donors (Lipinski definition) is 0. The summed E-state index contributed by atoms with van der Waals surface area (Å²) in [7, 11) is 0. The van der Waals surface area contributed by atoms with E-state index in [0.717, 1.165) is 12.1 Å². The smallest absolute Gasteiger partial charge is 0.308 e. The van der Waals surface area contributed by atoms with E-state index in [1.807, 2.05) is 6.07 Å². The van der Waals surface area contributed by atoms with Crippen molar-refractivity contribution in [2.75, 3.05) is 21.2 Å². The Hall–Kier alpha value is -4.14. The van der Waals surface area contributed by atoms with E-state index in [1.54, 1.807) is 62.4 Å². The van der Waals surface area contributed by atoms with Crippen LogP contribution in [0.15, 0.2) is 78.9 Å². The first-order chi connectivity index (χ1) is 17.1. The molecule has 0 bridgehead atoms. The highest BCUT2D eigenvalue weighted by Gasteiger charge is 2.35. The summed E-state index contributed by atoms with van der Waals surface area (Å²) in [6.07, 6.45) is -4.94. The van der Waals surface area contributed by atoms with Crippen LogP contribution in [0.25, 0.3) is 0 Å². The third kappa shape index (κ3) is 4.95. The molecule has 0 aliphatic carbocycles. The number of para-hydroxylation sites is 3. The molecular formula is C27H24F3N3O3. The Morgan fingerprint density at radius 1 is 0.861 bits per heavy atom. The van der Waals surface area contributed by atoms with Gasteiger partial charge in [0.1, 0.15) is 13.0 Å². The topological polar surface area (TPSA) is 60.9 Å². The minimum Gasteiger partial charge on any atom is -0.308 e. The third-order valence-corrected chi connectivity index (χ3v) is 5.83. The fourth-order valence-electron chi connectivity index (χ4n) is 4.24. The molecule has 36 heavy (non-hydrogen) atoms. The molecule has 1 aliphatic rings. The lowest BCUT2D eigenvalue weighted by Gasteiger charge is -2.31. The van der Waals surface area contributed by atoms with Crippen molar-refractivity contribution in [3.63, 3.8) is 0 Å². The lowest BCUT2D eigenvalue weighted by atomic mass is 10.1. The summed E-state index contributed by atoms with van der Waals surface area (Å²) >= 11 is 0. The first-order valence-corrected chi connectivity index (χ1v) is 11.3. The quantitative estimate of drug-likeness (QED) is 0.436. The van der Waals surface area contributed by atoms with Crippen LogP contribution in [-0.2, 0) is 20.6 Å². The predicted octanol–water partition coefficient (Wildman–Crippen LogP) is 5.55. The zero-order chi connectivity index (χ0) is 26.0. The molecule has 0 unspecified atom stereocenters. The van der Waals surface area contributed by atoms with Crippen molar-refractivity contribution in [3.05, 3.63) is 84.4 Å². The van der Waals surface area contributed by atoms with Gasteiger partial charge in [0, 0.05) is 17.4 Å². The summed E-state index contributed by atoms with van der Waals surface area (Å²) in [5, 5.41) is 0. The maximum atomic E-state index is 13.4. The Morgan fingerprint density at radius 3 is 2.03 bits per heavy atom. The summed E-state index contributed by atoms with van der Waals surface area (Å²) in [5.41, 5.74) is 0.892. The summed E-state index contributed by atoms with van der Waals surface area (Å²) in [5.74, 6) is -1.47. The molecule has 3 aromatic rings. The van der Waals surface area contributed by atoms with E-state index in [1.165, 1.54) is 26.8 Å². The Balaban J connectivity index is 1.69. The van der Waals surface area contributed by atoms with Gasteiger partial charge in [0.05, 0.1) is 16.9 Å². The number of nitrogens with zero attached hydrogens (tertiary/aromatic N) is 3. The number of carbonyl (C=O) groups excluding carboxylic acids is 3. The second kappa shape index (κ2) is 9.85. The van der Waals surface area contributed by atoms with Crippen LogP contribution in [0.1, 0.15) is 25.8 Å². The summed E-state index contributed by atoms with van der Waals surface area (Å²) in [6.45, 7) is 3.08. The van der Waals surface area contributed by atoms with E-state index < -0.39 is 41.9 Å². The van der Waals surface area contributed by atoms with Gasteiger partial charge in [-0.3, -0.25) is 19.3 Å². The highest BCUT2D eigenvalue weighted by molar-refractivity contribution is 6.19. The molecule has 0 saturated heterocycles. The molecule has 9 heteroatoms. The number of rotatable bonds is 5. The average molecular weight is 496 g/mol. The van der Waals surface area contributed by atoms with Gasteiger partial charge in [0.2, 0.25) is 17.7 Å². The van der Waals surface area contributed by atoms with Gasteiger partial charge in [-0.25, -0.2) is 0 Å². The Morgan fingerprint density at radius 2 is 1.44 bits per heavy atom. The fourth-order valence-corrected chi connectivity index (χ4v) is 4.24. The fraction of sp³-hybridized carbons (Fsp3) is 0.222. The normalized spacial score (nSPS) is 14.1. The number of anilines is 4. The van der Waals surface area contributed by atoms with Crippen molar-refractivity contribution in [1.29, 1.82) is 0 Å². The number of carbonyl (C=O) groups is 3. The zero-order valence-electron chi connectivity index (χ0n) is 19.7. The molecule has 0 radical (unpaired) electrons. The Labute approximate surface area is 206 Å². The molecule has 3 amide bonds. The number of fused-ring (bicyclic) bond motifs is 1. The molecule has 0 spiro atoms. The van der Waals surface area contributed by atoms with Crippen LogP contribution in [0.2, 0.25) is 0 Å². The van der Waals surface area contributed by atoms with Gasteiger partial charge in [-0.1, -0.05) is 30.3 Å². The Bertz CT molecular complexity index is 1270. The van der Waals surface area contributed by atoms with Crippen LogP contribution in [0, 0.1) is 0 Å². The standard InChI is InChI=1S/C27H24F3N3O3/c1-18(2)32(21-14-12-19(13-15-21)27(28,29)30)26(36)17-31-22-10-6-7-11-23(22)33(25(35)16-24(31)34)20-8-4-3-5-9-20/h3-15,18H,16-17H2,1-2H3. The van der Waals surface area contributed by atoms with E-state index >= 15 is 0 Å². The molecular weight excluding hydrogens is 471 g/mol. The molecule has 1 heterocycles. The van der Waals surface area contributed by atoms with Gasteiger partial charge in [0.25, 0.3) is 0 Å². The molecule has 186 valence electrons. The van der Waals surface area contributed by atoms with E-state index in [2.05, 4.69) is 0 Å². The van der Waals surface area contributed by atoms with Gasteiger partial charge in [-0.15, -0.1) is 0 Å². The summed E-state index contributed by atoms with van der Waals surface area (Å²) < 4.78 is 39.0. The van der Waals surface area contributed by atoms with Crippen LogP contribution < -0.4 is 14.7 Å². The van der Waals surface area contributed by atoms with Crippen molar-refractivity contribution in [1.82, 2.24) is 0 Å². The first-order valence-electron chi connectivity index (χ1n) is 11.3. The summed E-state index contributed by atoms with van der Waals surface area (Å²) in [4.78, 5) is 43.8. The second-order valence-corrected chi connectivity index (χ2v) is 8.61. The molecule has 1 aliphatic heterocycles. The predicted molar refractivity (Wildman–Crippen MR) is 131 cm³/mol. The molecule has 6 nitrogen and oxygen atoms in total. The molecule has 0 fully saturated rings. The summed E-state index contributed by atoms with van der Waals surface area (Å²) in [6, 6.07) is 19.6. The van der Waals surface area contributed by atoms with Crippen molar-refractivity contribution in [3.8, 4) is 0 Å². The van der Waals surface area contributed by atoms with Gasteiger partial charge >= 0.3 is 6.18 Å². The third-order valence-electron chi connectivity index (χ3n) is 5.83. The highest BCUT2D eigenvalue weighted by atomic mass is 19.4. The average Bonchev–Trinajstić information content (AvgIpc) is 2.93. The van der Waals surface area contributed by atoms with Gasteiger partial charge < -0.3 is 9.80 Å². The van der Waals surface area contributed by atoms with Crippen LogP contribution >= 0.6 is 0 Å². The maximum absolute atomic E-state index is 13.4. The number of halogens is 3. The lowest BCUT2D eigenvalue weighted by Crippen LogP contribution is -2.46. The highest BCUT2D eigenvalue weighted by Crippen LogP contribution is 2.38. The maximum Gasteiger partial charge on any atom is 0.416 e. The number of alkyl halides is 3. The van der Waals surface area contributed by atoms with Gasteiger partial charge in [0.15, 0.2) is 0 Å². The minimum atomic E-state index is -4.50. The molecule has 3 aromatic carbocycles. The van der Waals surface area contributed by atoms with Crippen LogP contribution in [0.3, 0.4) is 0 Å². The number of amides is 3. The first kappa shape index (κ1) is 25.0. The van der Waals surface area contributed by atoms with Crippen molar-refractivity contribution in [2.24, 2.45) is 0 Å². The monoisotopic (exact) mass is 495 g/mol. The SMILES string of the molecule is CC(C)N(C(=O)CN1C(=O)CC(=O)N(c2ccccc2)c2ccccc21)c1ccc(C(F)(F)F)cc1. The second-order valence-electron chi connectivity index (χ2n) is 8.61. The van der Waals surface area contributed by atoms with E-state index in [0.29, 0.717) is 17.1 Å². The Kier molecular flexibility index (Phi) is 6.83. The molecule has 0 N–H and O–H groups in total. The van der Waals surface area contributed by atoms with Crippen molar-refractivity contribution >= 4 is 40.5 Å². The van der Waals surface area contributed by atoms with Gasteiger partial charge in [-0.05, 0) is 62.4 Å². The van der Waals surface area contributed by atoms with Crippen molar-refractivity contribution in [2.45, 2.75) is 32.5 Å². The zero-order valence-corrected chi connectivity index (χ0v) is 19.7. The van der Waals surface area contributed by atoms with Crippen LogP contribution in [0.4, 0.5) is 35.9 Å². The number of benzene rings is 3.